The normalized spacial score (nSPS) is 21.6. The van der Waals surface area contributed by atoms with Crippen molar-refractivity contribution in [2.45, 2.75) is 53.0 Å². The molecule has 0 N–H and O–H groups in total. The molecule has 0 spiro atoms. The predicted octanol–water partition coefficient (Wildman–Crippen LogP) is 4.06. The second-order valence-electron chi connectivity index (χ2n) is 8.81. The minimum Gasteiger partial charge on any atom is -0.372 e. The molecule has 0 bridgehead atoms. The standard InChI is InChI=1S/C26H28N4O3S2/c1-5-29-23(28-13-16(2)33-17(3)14-28)20(18(4)21(12-27)24(29)31)11-22-25(32)30(26(34)35-22)15-19-9-7-6-8-10-19/h6-11,16-17H,5,13-15H2,1-4H3/b22-11-. The third kappa shape index (κ3) is 4.92. The predicted molar refractivity (Wildman–Crippen MR) is 143 cm³/mol. The van der Waals surface area contributed by atoms with Crippen LogP contribution in [-0.2, 0) is 22.6 Å². The molecule has 1 amide bonds. The Bertz CT molecular complexity index is 1290. The number of pyridine rings is 1. The van der Waals surface area contributed by atoms with Crippen LogP contribution < -0.4 is 10.5 Å². The van der Waals surface area contributed by atoms with Crippen molar-refractivity contribution in [3.63, 3.8) is 0 Å². The van der Waals surface area contributed by atoms with Gasteiger partial charge >= 0.3 is 0 Å². The van der Waals surface area contributed by atoms with Crippen molar-refractivity contribution in [2.24, 2.45) is 0 Å². The quantitative estimate of drug-likeness (QED) is 0.445. The maximum atomic E-state index is 13.4. The molecule has 1 aromatic heterocycles. The highest BCUT2D eigenvalue weighted by atomic mass is 32.2. The summed E-state index contributed by atoms with van der Waals surface area (Å²) in [5, 5.41) is 9.77. The molecule has 0 aliphatic carbocycles. The molecule has 2 atom stereocenters. The van der Waals surface area contributed by atoms with E-state index in [4.69, 9.17) is 17.0 Å². The molecule has 2 aliphatic heterocycles. The lowest BCUT2D eigenvalue weighted by atomic mass is 10.0. The minimum atomic E-state index is -0.317. The Morgan fingerprint density at radius 2 is 1.86 bits per heavy atom. The zero-order valence-corrected chi connectivity index (χ0v) is 21.9. The third-order valence-corrected chi connectivity index (χ3v) is 7.59. The number of hydrogen-bond acceptors (Lipinski definition) is 7. The van der Waals surface area contributed by atoms with Crippen molar-refractivity contribution in [1.29, 1.82) is 5.26 Å². The van der Waals surface area contributed by atoms with E-state index in [1.807, 2.05) is 51.1 Å². The van der Waals surface area contributed by atoms with Crippen LogP contribution in [0, 0.1) is 18.3 Å². The Balaban J connectivity index is 1.83. The topological polar surface area (TPSA) is 78.6 Å². The molecule has 4 rings (SSSR count). The average molecular weight is 509 g/mol. The van der Waals surface area contributed by atoms with E-state index < -0.39 is 0 Å². The van der Waals surface area contributed by atoms with Gasteiger partial charge in [0.2, 0.25) is 0 Å². The van der Waals surface area contributed by atoms with Crippen molar-refractivity contribution < 1.29 is 9.53 Å². The maximum Gasteiger partial charge on any atom is 0.270 e. The first-order valence-corrected chi connectivity index (χ1v) is 12.8. The molecule has 3 heterocycles. The molecule has 9 heteroatoms. The lowest BCUT2D eigenvalue weighted by Crippen LogP contribution is -2.48. The van der Waals surface area contributed by atoms with E-state index >= 15 is 0 Å². The van der Waals surface area contributed by atoms with E-state index in [1.54, 1.807) is 22.5 Å². The highest BCUT2D eigenvalue weighted by Gasteiger charge is 2.34. The van der Waals surface area contributed by atoms with Gasteiger partial charge < -0.3 is 9.64 Å². The second kappa shape index (κ2) is 10.4. The average Bonchev–Trinajstić information content (AvgIpc) is 3.08. The number of nitrogens with zero attached hydrogens (tertiary/aromatic N) is 4. The van der Waals surface area contributed by atoms with Gasteiger partial charge in [0.15, 0.2) is 0 Å². The number of ether oxygens (including phenoxy) is 1. The van der Waals surface area contributed by atoms with Crippen LogP contribution in [-0.4, -0.2) is 45.0 Å². The summed E-state index contributed by atoms with van der Waals surface area (Å²) in [5.74, 6) is 0.537. The number of nitriles is 1. The highest BCUT2D eigenvalue weighted by Crippen LogP contribution is 2.37. The van der Waals surface area contributed by atoms with E-state index in [9.17, 15) is 14.9 Å². The number of thiocarbonyl (C=S) groups is 1. The van der Waals surface area contributed by atoms with Gasteiger partial charge in [-0.05, 0) is 44.9 Å². The van der Waals surface area contributed by atoms with Gasteiger partial charge in [-0.2, -0.15) is 5.26 Å². The molecule has 2 saturated heterocycles. The lowest BCUT2D eigenvalue weighted by molar-refractivity contribution is -0.122. The largest absolute Gasteiger partial charge is 0.372 e. The zero-order valence-electron chi connectivity index (χ0n) is 20.3. The first-order chi connectivity index (χ1) is 16.7. The number of hydrogen-bond donors (Lipinski definition) is 0. The van der Waals surface area contributed by atoms with Crippen molar-refractivity contribution in [3.8, 4) is 6.07 Å². The molecule has 0 saturated carbocycles. The van der Waals surface area contributed by atoms with Crippen molar-refractivity contribution >= 4 is 46.1 Å². The van der Waals surface area contributed by atoms with Crippen LogP contribution in [0.15, 0.2) is 40.0 Å². The highest BCUT2D eigenvalue weighted by molar-refractivity contribution is 8.26. The van der Waals surface area contributed by atoms with Crippen LogP contribution in [0.4, 0.5) is 5.82 Å². The van der Waals surface area contributed by atoms with Gasteiger partial charge in [0.1, 0.15) is 21.8 Å². The van der Waals surface area contributed by atoms with Gasteiger partial charge in [0.05, 0.1) is 23.7 Å². The number of carbonyl (C=O) groups excluding carboxylic acids is 1. The van der Waals surface area contributed by atoms with Gasteiger partial charge in [0.25, 0.3) is 11.5 Å². The molecule has 1 aromatic carbocycles. The first kappa shape index (κ1) is 25.2. The number of morpholine rings is 1. The summed E-state index contributed by atoms with van der Waals surface area (Å²) in [4.78, 5) is 30.8. The van der Waals surface area contributed by atoms with Crippen LogP contribution in [0.25, 0.3) is 6.08 Å². The number of benzene rings is 1. The Morgan fingerprint density at radius 1 is 1.20 bits per heavy atom. The molecule has 2 aliphatic rings. The van der Waals surface area contributed by atoms with E-state index in [0.717, 1.165) is 5.56 Å². The summed E-state index contributed by atoms with van der Waals surface area (Å²) >= 11 is 6.79. The fourth-order valence-corrected chi connectivity index (χ4v) is 5.90. The molecule has 182 valence electrons. The number of aromatic nitrogens is 1. The number of anilines is 1. The van der Waals surface area contributed by atoms with Crippen molar-refractivity contribution in [2.75, 3.05) is 18.0 Å². The van der Waals surface area contributed by atoms with Crippen LogP contribution in [0.1, 0.15) is 43.0 Å². The maximum absolute atomic E-state index is 13.4. The Labute approximate surface area is 215 Å². The zero-order chi connectivity index (χ0) is 25.3. The van der Waals surface area contributed by atoms with Gasteiger partial charge in [0, 0.05) is 25.2 Å². The Morgan fingerprint density at radius 3 is 2.46 bits per heavy atom. The van der Waals surface area contributed by atoms with Crippen LogP contribution in [0.2, 0.25) is 0 Å². The molecular weight excluding hydrogens is 480 g/mol. The number of carbonyl (C=O) groups is 1. The lowest BCUT2D eigenvalue weighted by Gasteiger charge is -2.39. The molecule has 2 fully saturated rings. The molecular formula is C26H28N4O3S2. The van der Waals surface area contributed by atoms with Gasteiger partial charge in [-0.15, -0.1) is 0 Å². The van der Waals surface area contributed by atoms with Crippen molar-refractivity contribution in [3.05, 3.63) is 67.8 Å². The minimum absolute atomic E-state index is 0.0213. The molecule has 7 nitrogen and oxygen atoms in total. The van der Waals surface area contributed by atoms with E-state index in [1.165, 1.54) is 11.8 Å². The Hall–Kier alpha value is -2.93. The number of rotatable bonds is 5. The second-order valence-corrected chi connectivity index (χ2v) is 10.5. The van der Waals surface area contributed by atoms with E-state index in [0.29, 0.717) is 52.3 Å². The Kier molecular flexibility index (Phi) is 7.45. The SMILES string of the molecule is CCn1c(N2CC(C)OC(C)C2)c(/C=C2\SC(=S)N(Cc3ccccc3)C2=O)c(C)c(C#N)c1=O. The molecule has 0 radical (unpaired) electrons. The summed E-state index contributed by atoms with van der Waals surface area (Å²) < 4.78 is 8.03. The molecule has 2 unspecified atom stereocenters. The van der Waals surface area contributed by atoms with Crippen molar-refractivity contribution in [1.82, 2.24) is 9.47 Å². The third-order valence-electron chi connectivity index (χ3n) is 6.21. The number of amides is 1. The summed E-state index contributed by atoms with van der Waals surface area (Å²) in [6.07, 6.45) is 1.76. The smallest absolute Gasteiger partial charge is 0.270 e. The summed E-state index contributed by atoms with van der Waals surface area (Å²) in [6.45, 7) is 9.66. The first-order valence-electron chi connectivity index (χ1n) is 11.6. The summed E-state index contributed by atoms with van der Waals surface area (Å²) in [6, 6.07) is 11.8. The van der Waals surface area contributed by atoms with Crippen LogP contribution in [0.5, 0.6) is 0 Å². The van der Waals surface area contributed by atoms with Gasteiger partial charge in [-0.3, -0.25) is 19.1 Å². The molecule has 2 aromatic rings. The monoisotopic (exact) mass is 508 g/mol. The van der Waals surface area contributed by atoms with Gasteiger partial charge in [-0.25, -0.2) is 0 Å². The fourth-order valence-electron chi connectivity index (χ4n) is 4.66. The number of thioether (sulfide) groups is 1. The molecule has 35 heavy (non-hydrogen) atoms. The van der Waals surface area contributed by atoms with E-state index in [-0.39, 0.29) is 29.2 Å². The van der Waals surface area contributed by atoms with Crippen LogP contribution in [0.3, 0.4) is 0 Å². The van der Waals surface area contributed by atoms with Crippen LogP contribution >= 0.6 is 24.0 Å². The van der Waals surface area contributed by atoms with Gasteiger partial charge in [-0.1, -0.05) is 54.3 Å². The van der Waals surface area contributed by atoms with E-state index in [2.05, 4.69) is 11.0 Å². The fraction of sp³-hybridized carbons (Fsp3) is 0.385. The summed E-state index contributed by atoms with van der Waals surface area (Å²) in [7, 11) is 0. The summed E-state index contributed by atoms with van der Waals surface area (Å²) in [5.41, 5.74) is 2.03.